The number of fused-ring (bicyclic) bond motifs is 1. The number of benzene rings is 1. The molecule has 1 amide bonds. The van der Waals surface area contributed by atoms with Gasteiger partial charge in [-0.2, -0.15) is 0 Å². The minimum atomic E-state index is -2.01. The molecule has 1 unspecified atom stereocenters. The van der Waals surface area contributed by atoms with Gasteiger partial charge in [0, 0.05) is 44.4 Å². The first-order valence-electron chi connectivity index (χ1n) is 23.4. The third-order valence-electron chi connectivity index (χ3n) is 14.7. The molecule has 18 heteroatoms. The number of ketones is 1. The molecule has 1 aromatic carbocycles. The average molecular weight is 939 g/mol. The van der Waals surface area contributed by atoms with E-state index in [-0.39, 0.29) is 44.0 Å². The van der Waals surface area contributed by atoms with Crippen LogP contribution in [0.25, 0.3) is 0 Å². The summed E-state index contributed by atoms with van der Waals surface area (Å²) in [4.78, 5) is 44.1. The molecule has 1 aromatic rings. The van der Waals surface area contributed by atoms with E-state index in [1.807, 2.05) is 45.8 Å². The van der Waals surface area contributed by atoms with Crippen molar-refractivity contribution >= 4 is 17.8 Å². The smallest absolute Gasteiger partial charge is 0.408 e. The molecule has 4 aliphatic heterocycles. The number of methoxy groups -OCH3 is 2. The number of alkyl carbamates (subject to hydrolysis) is 1. The molecule has 0 aromatic heterocycles. The molecule has 0 saturated carbocycles. The number of nitrogens with one attached hydrogen (secondary N) is 1. The number of carbonyl (C=O) groups is 3. The maximum Gasteiger partial charge on any atom is 0.408 e. The Hall–Kier alpha value is -3.17. The molecule has 376 valence electrons. The van der Waals surface area contributed by atoms with Crippen LogP contribution < -0.4 is 14.8 Å². The fourth-order valence-corrected chi connectivity index (χ4v) is 10.4. The maximum atomic E-state index is 14.5. The molecule has 18 nitrogen and oxygen atoms in total. The predicted octanol–water partition coefficient (Wildman–Crippen LogP) is 4.66. The first-order chi connectivity index (χ1) is 30.8. The largest absolute Gasteiger partial charge is 0.459 e. The molecule has 4 N–H and O–H groups in total. The van der Waals surface area contributed by atoms with Crippen LogP contribution in [-0.2, 0) is 47.5 Å². The van der Waals surface area contributed by atoms with Crippen molar-refractivity contribution in [2.75, 3.05) is 35.1 Å². The zero-order chi connectivity index (χ0) is 49.2. The van der Waals surface area contributed by atoms with Crippen molar-refractivity contribution in [1.82, 2.24) is 10.2 Å². The van der Waals surface area contributed by atoms with Crippen molar-refractivity contribution in [2.24, 2.45) is 23.7 Å². The van der Waals surface area contributed by atoms with Crippen molar-refractivity contribution in [3.8, 4) is 11.5 Å². The molecule has 4 heterocycles. The van der Waals surface area contributed by atoms with E-state index in [0.29, 0.717) is 17.9 Å². The highest BCUT2D eigenvalue weighted by molar-refractivity contribution is 5.83. The summed E-state index contributed by atoms with van der Waals surface area (Å²) in [7, 11) is 6.74. The number of cyclic esters (lactones) is 1. The lowest BCUT2D eigenvalue weighted by molar-refractivity contribution is -0.319. The van der Waals surface area contributed by atoms with Gasteiger partial charge in [0.15, 0.2) is 30.2 Å². The normalized spacial score (nSPS) is 42.0. The van der Waals surface area contributed by atoms with Crippen LogP contribution in [0.3, 0.4) is 0 Å². The second-order valence-electron chi connectivity index (χ2n) is 20.0. The van der Waals surface area contributed by atoms with E-state index in [1.54, 1.807) is 60.6 Å². The number of hydrogen-bond acceptors (Lipinski definition) is 17. The van der Waals surface area contributed by atoms with E-state index in [1.165, 1.54) is 21.1 Å². The van der Waals surface area contributed by atoms with Crippen LogP contribution in [0, 0.1) is 23.7 Å². The van der Waals surface area contributed by atoms with Gasteiger partial charge in [0.05, 0.1) is 48.1 Å². The van der Waals surface area contributed by atoms with Crippen molar-refractivity contribution in [1.29, 1.82) is 0 Å². The first-order valence-corrected chi connectivity index (χ1v) is 23.4. The molecule has 19 atom stereocenters. The van der Waals surface area contributed by atoms with Crippen molar-refractivity contribution in [2.45, 2.75) is 192 Å². The Morgan fingerprint density at radius 3 is 2.17 bits per heavy atom. The second kappa shape index (κ2) is 21.6. The number of aliphatic hydroxyl groups excluding tert-OH is 2. The Morgan fingerprint density at radius 1 is 0.909 bits per heavy atom. The fraction of sp³-hybridized carbons (Fsp3) is 0.812. The van der Waals surface area contributed by atoms with Gasteiger partial charge >= 0.3 is 12.1 Å². The van der Waals surface area contributed by atoms with E-state index in [0.717, 1.165) is 5.56 Å². The van der Waals surface area contributed by atoms with Gasteiger partial charge < -0.3 is 72.9 Å². The van der Waals surface area contributed by atoms with Gasteiger partial charge in [0.25, 0.3) is 0 Å². The van der Waals surface area contributed by atoms with Gasteiger partial charge in [0.2, 0.25) is 6.79 Å². The van der Waals surface area contributed by atoms with Crippen molar-refractivity contribution in [3.63, 3.8) is 0 Å². The SMILES string of the molecule is CC[C@H]1OC(=O)[C@H](C)[C@@H](O[C@H]2C[C@@](C)(OC)[C@@H](OC(=O)NC(C)c3ccc4c(c3)OCO4)[C@H](C)O2)[C@H](C)[C@@H](O[C@@H]2O[C@H](C)C[C@H](N(C)C)[C@H]2O)[C@](C)(OC)C[C@@H](C)C(=O)[C@H](C)[C@@H](O)[C@]1(C)O. The fourth-order valence-electron chi connectivity index (χ4n) is 10.4. The Kier molecular flexibility index (Phi) is 17.6. The molecule has 0 spiro atoms. The number of likely N-dealkylation sites (N-methyl/N-ethyl adjacent to an activating group) is 1. The standard InChI is InChI=1S/C48H78N2O16/c1-16-35-48(11,56)40(53)26(4)37(51)24(2)21-46(9,57-14)41(65-44-38(52)32(50(12)13)19-25(3)61-44)27(5)39(28(6)43(54)63-35)64-36-22-47(10,58-15)42(30(8)62-36)66-45(55)49-29(7)31-17-18-33-34(20-31)60-23-59-33/h17-18,20,24-30,32,35-36,38-42,44,52-53,56H,16,19,21-23H2,1-15H3,(H,49,55)/t24-,25-,26+,27+,28-,29?,30+,32+,35-,36+,38-,39+,40-,41-,42+,44+,46-,47-,48-/m1/s1. The zero-order valence-electron chi connectivity index (χ0n) is 41.6. The molecule has 5 rings (SSSR count). The topological polar surface area (TPSA) is 219 Å². The molecule has 3 saturated heterocycles. The number of Topliss-reactive ketones (excluding diaryl/α,β-unsaturated/α-hetero) is 1. The predicted molar refractivity (Wildman–Crippen MR) is 239 cm³/mol. The van der Waals surface area contributed by atoms with E-state index in [2.05, 4.69) is 5.32 Å². The summed E-state index contributed by atoms with van der Waals surface area (Å²) in [6.07, 6.45) is -10.2. The molecule has 66 heavy (non-hydrogen) atoms. The van der Waals surface area contributed by atoms with Crippen LogP contribution in [0.15, 0.2) is 18.2 Å². The quantitative estimate of drug-likeness (QED) is 0.222. The number of carbonyl (C=O) groups excluding carboxylic acids is 3. The summed E-state index contributed by atoms with van der Waals surface area (Å²) in [6.45, 7) is 19.0. The summed E-state index contributed by atoms with van der Waals surface area (Å²) in [5.41, 5.74) is -3.71. The average Bonchev–Trinajstić information content (AvgIpc) is 3.75. The number of aliphatic hydroxyl groups is 3. The Bertz CT molecular complexity index is 1820. The molecule has 0 aliphatic carbocycles. The van der Waals surface area contributed by atoms with Crippen LogP contribution in [0.1, 0.15) is 113 Å². The van der Waals surface area contributed by atoms with Crippen LogP contribution in [0.4, 0.5) is 4.79 Å². The second-order valence-corrected chi connectivity index (χ2v) is 20.0. The number of rotatable bonds is 11. The number of nitrogens with zero attached hydrogens (tertiary/aromatic N) is 1. The lowest BCUT2D eigenvalue weighted by atomic mass is 9.74. The molecule has 4 aliphatic rings. The Labute approximate surface area is 390 Å². The molecule has 0 radical (unpaired) electrons. The summed E-state index contributed by atoms with van der Waals surface area (Å²) < 4.78 is 62.1. The lowest BCUT2D eigenvalue weighted by Gasteiger charge is -2.50. The Balaban J connectivity index is 1.50. The summed E-state index contributed by atoms with van der Waals surface area (Å²) >= 11 is 0. The minimum Gasteiger partial charge on any atom is -0.459 e. The molecular formula is C48H78N2O16. The number of esters is 1. The summed E-state index contributed by atoms with van der Waals surface area (Å²) in [5.74, 6) is -3.55. The first kappa shape index (κ1) is 53.8. The molecule has 3 fully saturated rings. The summed E-state index contributed by atoms with van der Waals surface area (Å²) in [6, 6.07) is 4.64. The highest BCUT2D eigenvalue weighted by atomic mass is 16.7. The van der Waals surface area contributed by atoms with Crippen LogP contribution >= 0.6 is 0 Å². The van der Waals surface area contributed by atoms with Crippen molar-refractivity contribution in [3.05, 3.63) is 23.8 Å². The number of hydrogen-bond donors (Lipinski definition) is 4. The van der Waals surface area contributed by atoms with Gasteiger partial charge in [0.1, 0.15) is 29.2 Å². The van der Waals surface area contributed by atoms with Crippen LogP contribution in [0.2, 0.25) is 0 Å². The molecular weight excluding hydrogens is 861 g/mol. The Morgan fingerprint density at radius 2 is 1.55 bits per heavy atom. The van der Waals surface area contributed by atoms with Gasteiger partial charge in [-0.1, -0.05) is 33.8 Å². The third kappa shape index (κ3) is 11.5. The minimum absolute atomic E-state index is 0.0376. The maximum absolute atomic E-state index is 14.5. The van der Waals surface area contributed by atoms with E-state index >= 15 is 0 Å². The van der Waals surface area contributed by atoms with E-state index in [9.17, 15) is 29.7 Å². The van der Waals surface area contributed by atoms with E-state index in [4.69, 9.17) is 47.4 Å². The number of ether oxygens (including phenoxy) is 10. The summed E-state index contributed by atoms with van der Waals surface area (Å²) in [5, 5.41) is 38.0. The monoisotopic (exact) mass is 939 g/mol. The van der Waals surface area contributed by atoms with Gasteiger partial charge in [-0.25, -0.2) is 4.79 Å². The zero-order valence-corrected chi connectivity index (χ0v) is 41.6. The highest BCUT2D eigenvalue weighted by Crippen LogP contribution is 2.43. The molecule has 0 bridgehead atoms. The van der Waals surface area contributed by atoms with Crippen molar-refractivity contribution < 1.29 is 77.1 Å². The number of amides is 1. The van der Waals surface area contributed by atoms with Gasteiger partial charge in [-0.15, -0.1) is 0 Å². The van der Waals surface area contributed by atoms with Crippen LogP contribution in [-0.4, -0.2) is 157 Å². The van der Waals surface area contributed by atoms with Gasteiger partial charge in [-0.3, -0.25) is 9.59 Å². The van der Waals surface area contributed by atoms with Gasteiger partial charge in [-0.05, 0) is 99.5 Å². The highest BCUT2D eigenvalue weighted by Gasteiger charge is 2.55. The lowest BCUT2D eigenvalue weighted by Crippen LogP contribution is -2.62. The third-order valence-corrected chi connectivity index (χ3v) is 14.7. The van der Waals surface area contributed by atoms with E-state index < -0.39 is 114 Å². The van der Waals surface area contributed by atoms with Crippen LogP contribution in [0.5, 0.6) is 11.5 Å².